The normalized spacial score (nSPS) is 11.8. The lowest BCUT2D eigenvalue weighted by molar-refractivity contribution is 0.302. The van der Waals surface area contributed by atoms with Crippen LogP contribution >= 0.6 is 0 Å². The molecule has 0 spiro atoms. The Kier molecular flexibility index (Phi) is 4.79. The molecule has 2 heterocycles. The Balaban J connectivity index is 1.84. The maximum Gasteiger partial charge on any atom is 0.155 e. The first kappa shape index (κ1) is 17.8. The molecule has 5 nitrogen and oxygen atoms in total. The zero-order valence-electron chi connectivity index (χ0n) is 15.7. The van der Waals surface area contributed by atoms with E-state index in [2.05, 4.69) is 22.0 Å². The maximum absolute atomic E-state index is 9.48. The summed E-state index contributed by atoms with van der Waals surface area (Å²) in [6.07, 6.45) is 1.81. The highest BCUT2D eigenvalue weighted by Crippen LogP contribution is 2.24. The third-order valence-electron chi connectivity index (χ3n) is 4.36. The Morgan fingerprint density at radius 2 is 1.89 bits per heavy atom. The van der Waals surface area contributed by atoms with Crippen LogP contribution in [0.15, 0.2) is 70.4 Å². The third-order valence-corrected chi connectivity index (χ3v) is 4.36. The van der Waals surface area contributed by atoms with E-state index in [1.54, 1.807) is 6.07 Å². The van der Waals surface area contributed by atoms with E-state index in [0.29, 0.717) is 34.3 Å². The smallest absolute Gasteiger partial charge is 0.155 e. The first-order valence-electron chi connectivity index (χ1n) is 8.89. The molecular formula is C23H19N3O2. The van der Waals surface area contributed by atoms with Gasteiger partial charge in [0, 0.05) is 28.6 Å². The number of hydrogen-bond donors (Lipinski definition) is 1. The minimum atomic E-state index is 0.430. The average molecular weight is 369 g/mol. The molecule has 4 rings (SSSR count). The number of hydrogen-bond acceptors (Lipinski definition) is 5. The molecule has 0 unspecified atom stereocenters. The van der Waals surface area contributed by atoms with Crippen LogP contribution < -0.4 is 5.36 Å². The van der Waals surface area contributed by atoms with E-state index < -0.39 is 0 Å². The molecule has 0 radical (unpaired) electrons. The number of rotatable bonds is 2. The summed E-state index contributed by atoms with van der Waals surface area (Å²) in [7, 11) is 3.95. The summed E-state index contributed by atoms with van der Waals surface area (Å²) in [5, 5.41) is 16.2. The fourth-order valence-electron chi connectivity index (χ4n) is 2.97. The fraction of sp³-hybridized carbons (Fsp3) is 0.130. The van der Waals surface area contributed by atoms with Gasteiger partial charge >= 0.3 is 0 Å². The van der Waals surface area contributed by atoms with Gasteiger partial charge in [0.2, 0.25) is 0 Å². The molecule has 0 fully saturated rings. The van der Waals surface area contributed by atoms with E-state index in [9.17, 15) is 5.21 Å². The molecule has 0 saturated carbocycles. The molecule has 0 aliphatic heterocycles. The predicted molar refractivity (Wildman–Crippen MR) is 110 cm³/mol. The molecule has 0 aliphatic rings. The van der Waals surface area contributed by atoms with Crippen LogP contribution in [0, 0.1) is 11.8 Å². The summed E-state index contributed by atoms with van der Waals surface area (Å²) in [5.41, 5.74) is 2.11. The van der Waals surface area contributed by atoms with E-state index in [-0.39, 0.29) is 0 Å². The van der Waals surface area contributed by atoms with Gasteiger partial charge < -0.3 is 9.62 Å². The molecule has 1 N–H and O–H groups in total. The largest absolute Gasteiger partial charge is 0.454 e. The van der Waals surface area contributed by atoms with Crippen molar-refractivity contribution in [2.75, 3.05) is 20.6 Å². The van der Waals surface area contributed by atoms with Crippen LogP contribution in [0.3, 0.4) is 0 Å². The number of fused-ring (bicyclic) bond motifs is 2. The van der Waals surface area contributed by atoms with Gasteiger partial charge in [-0.15, -0.1) is 0 Å². The molecule has 0 amide bonds. The number of benzene rings is 2. The topological polar surface area (TPSA) is 61.9 Å². The van der Waals surface area contributed by atoms with Gasteiger partial charge in [-0.2, -0.15) is 0 Å². The Labute approximate surface area is 162 Å². The van der Waals surface area contributed by atoms with Crippen LogP contribution in [0.4, 0.5) is 0 Å². The Bertz CT molecular complexity index is 1290. The van der Waals surface area contributed by atoms with E-state index in [4.69, 9.17) is 4.42 Å². The summed E-state index contributed by atoms with van der Waals surface area (Å²) in [5.74, 6) is 6.77. The van der Waals surface area contributed by atoms with Crippen molar-refractivity contribution in [1.29, 1.82) is 0 Å². The zero-order valence-corrected chi connectivity index (χ0v) is 15.7. The van der Waals surface area contributed by atoms with Gasteiger partial charge in [0.1, 0.15) is 16.6 Å². The molecule has 28 heavy (non-hydrogen) atoms. The highest BCUT2D eigenvalue weighted by atomic mass is 16.4. The molecule has 0 saturated heterocycles. The van der Waals surface area contributed by atoms with Gasteiger partial charge in [0.05, 0.1) is 6.54 Å². The molecule has 138 valence electrons. The van der Waals surface area contributed by atoms with Crippen molar-refractivity contribution in [3.8, 4) is 23.3 Å². The second kappa shape index (κ2) is 7.55. The van der Waals surface area contributed by atoms with Crippen molar-refractivity contribution in [3.63, 3.8) is 0 Å². The monoisotopic (exact) mass is 369 g/mol. The Morgan fingerprint density at radius 3 is 2.68 bits per heavy atom. The van der Waals surface area contributed by atoms with Gasteiger partial charge in [-0.1, -0.05) is 41.3 Å². The first-order valence-corrected chi connectivity index (χ1v) is 8.89. The van der Waals surface area contributed by atoms with Crippen LogP contribution in [0.25, 0.3) is 33.2 Å². The number of pyridine rings is 1. The van der Waals surface area contributed by atoms with Gasteiger partial charge in [-0.25, -0.2) is 0 Å². The van der Waals surface area contributed by atoms with Crippen molar-refractivity contribution < 1.29 is 9.62 Å². The lowest BCUT2D eigenvalue weighted by Crippen LogP contribution is -2.10. The van der Waals surface area contributed by atoms with E-state index in [1.165, 1.54) is 0 Å². The Morgan fingerprint density at radius 1 is 1.07 bits per heavy atom. The lowest BCUT2D eigenvalue weighted by atomic mass is 10.1. The summed E-state index contributed by atoms with van der Waals surface area (Å²) in [4.78, 5) is 6.50. The SMILES string of the molecule is CN(C)CC#Cc1ccc2c(=NO)cc(-c3cc4ccccc4cn3)oc2c1. The molecule has 4 aromatic rings. The molecule has 5 heteroatoms. The van der Waals surface area contributed by atoms with Gasteiger partial charge in [0.25, 0.3) is 0 Å². The van der Waals surface area contributed by atoms with Crippen LogP contribution in [-0.2, 0) is 0 Å². The van der Waals surface area contributed by atoms with E-state index >= 15 is 0 Å². The van der Waals surface area contributed by atoms with Crippen LogP contribution in [-0.4, -0.2) is 35.7 Å². The average Bonchev–Trinajstić information content (AvgIpc) is 2.72. The molecule has 2 aromatic carbocycles. The van der Waals surface area contributed by atoms with Crippen LogP contribution in [0.2, 0.25) is 0 Å². The van der Waals surface area contributed by atoms with Crippen molar-refractivity contribution in [3.05, 3.63) is 71.7 Å². The van der Waals surface area contributed by atoms with Crippen LogP contribution in [0.1, 0.15) is 5.56 Å². The Hall–Kier alpha value is -3.62. The molecular weight excluding hydrogens is 350 g/mol. The highest BCUT2D eigenvalue weighted by Gasteiger charge is 2.09. The van der Waals surface area contributed by atoms with Crippen molar-refractivity contribution in [1.82, 2.24) is 9.88 Å². The number of aromatic nitrogens is 1. The fourth-order valence-corrected chi connectivity index (χ4v) is 2.97. The van der Waals surface area contributed by atoms with Gasteiger partial charge in [0.15, 0.2) is 5.76 Å². The molecule has 0 atom stereocenters. The van der Waals surface area contributed by atoms with Crippen molar-refractivity contribution in [2.24, 2.45) is 5.16 Å². The number of nitrogens with zero attached hydrogens (tertiary/aromatic N) is 3. The van der Waals surface area contributed by atoms with E-state index in [0.717, 1.165) is 16.3 Å². The molecule has 0 bridgehead atoms. The maximum atomic E-state index is 9.48. The summed E-state index contributed by atoms with van der Waals surface area (Å²) < 4.78 is 6.10. The summed E-state index contributed by atoms with van der Waals surface area (Å²) in [6.45, 7) is 0.674. The second-order valence-corrected chi connectivity index (χ2v) is 6.76. The summed E-state index contributed by atoms with van der Waals surface area (Å²) >= 11 is 0. The second-order valence-electron chi connectivity index (χ2n) is 6.76. The minimum Gasteiger partial charge on any atom is -0.454 e. The van der Waals surface area contributed by atoms with Crippen molar-refractivity contribution in [2.45, 2.75) is 0 Å². The molecule has 0 aliphatic carbocycles. The molecule has 2 aromatic heterocycles. The summed E-state index contributed by atoms with van der Waals surface area (Å²) in [6, 6.07) is 17.3. The highest BCUT2D eigenvalue weighted by molar-refractivity contribution is 5.85. The third kappa shape index (κ3) is 3.59. The standard InChI is InChI=1S/C23H19N3O2/c1-26(2)11-5-6-16-9-10-19-20(25-27)14-23(28-22(19)12-16)21-13-17-7-3-4-8-18(17)15-24-21/h3-4,7-10,12-15,27H,11H2,1-2H3. The van der Waals surface area contributed by atoms with E-state index in [1.807, 2.05) is 73.7 Å². The van der Waals surface area contributed by atoms with Crippen molar-refractivity contribution >= 4 is 21.7 Å². The minimum absolute atomic E-state index is 0.430. The lowest BCUT2D eigenvalue weighted by Gasteiger charge is -2.06. The van der Waals surface area contributed by atoms with Gasteiger partial charge in [-0.05, 0) is 43.7 Å². The van der Waals surface area contributed by atoms with Crippen LogP contribution in [0.5, 0.6) is 0 Å². The quantitative estimate of drug-likeness (QED) is 0.331. The van der Waals surface area contributed by atoms with Gasteiger partial charge in [-0.3, -0.25) is 9.88 Å². The zero-order chi connectivity index (χ0) is 19.5. The predicted octanol–water partition coefficient (Wildman–Crippen LogP) is 3.85. The first-order chi connectivity index (χ1) is 13.6.